The number of hydrogen-bond donors (Lipinski definition) is 1. The number of nitrogens with two attached hydrogens (primary N) is 1. The van der Waals surface area contributed by atoms with Gasteiger partial charge in [0, 0.05) is 17.3 Å². The highest BCUT2D eigenvalue weighted by Crippen LogP contribution is 2.13. The van der Waals surface area contributed by atoms with Gasteiger partial charge in [-0.05, 0) is 18.6 Å². The molecule has 3 nitrogen and oxygen atoms in total. The summed E-state index contributed by atoms with van der Waals surface area (Å²) in [5, 5.41) is 0. The average Bonchev–Trinajstić information content (AvgIpc) is 2.15. The topological polar surface area (TPSA) is 51.3 Å². The van der Waals surface area contributed by atoms with Crippen molar-refractivity contribution in [3.8, 4) is 0 Å². The minimum absolute atomic E-state index is 0.0574. The molecule has 0 aliphatic rings. The summed E-state index contributed by atoms with van der Waals surface area (Å²) in [5.41, 5.74) is 7.91. The van der Waals surface area contributed by atoms with Crippen LogP contribution in [-0.2, 0) is 6.54 Å². The minimum atomic E-state index is -0.0574. The zero-order valence-corrected chi connectivity index (χ0v) is 9.91. The third-order valence-corrected chi connectivity index (χ3v) is 2.17. The van der Waals surface area contributed by atoms with Crippen LogP contribution in [0.1, 0.15) is 32.0 Å². The quantitative estimate of drug-likeness (QED) is 0.595. The van der Waals surface area contributed by atoms with Crippen LogP contribution in [-0.4, -0.2) is 10.8 Å². The number of aliphatic imine (C=N–C) groups is 1. The van der Waals surface area contributed by atoms with E-state index >= 15 is 0 Å². The Kier molecular flexibility index (Phi) is 3.45. The van der Waals surface area contributed by atoms with E-state index in [4.69, 9.17) is 5.73 Å². The van der Waals surface area contributed by atoms with E-state index < -0.39 is 0 Å². The van der Waals surface area contributed by atoms with Crippen molar-refractivity contribution in [1.29, 1.82) is 0 Å². The van der Waals surface area contributed by atoms with Gasteiger partial charge in [0.05, 0.1) is 12.4 Å². The largest absolute Gasteiger partial charge is 0.387 e. The van der Waals surface area contributed by atoms with E-state index in [0.717, 1.165) is 11.3 Å². The van der Waals surface area contributed by atoms with Crippen molar-refractivity contribution in [2.24, 2.45) is 16.1 Å². The molecule has 0 aliphatic heterocycles. The lowest BCUT2D eigenvalue weighted by Gasteiger charge is -2.17. The van der Waals surface area contributed by atoms with Gasteiger partial charge in [-0.3, -0.25) is 9.98 Å². The molecule has 3 heteroatoms. The fourth-order valence-electron chi connectivity index (χ4n) is 1.01. The maximum atomic E-state index is 5.86. The van der Waals surface area contributed by atoms with Crippen LogP contribution in [0.2, 0.25) is 0 Å². The molecular formula is C12H19N3. The molecule has 15 heavy (non-hydrogen) atoms. The van der Waals surface area contributed by atoms with E-state index in [1.54, 1.807) is 0 Å². The molecule has 0 saturated heterocycles. The predicted octanol–water partition coefficient (Wildman–Crippen LogP) is 2.29. The number of pyridine rings is 1. The Balaban J connectivity index is 2.68. The summed E-state index contributed by atoms with van der Waals surface area (Å²) in [5.74, 6) is 0.683. The summed E-state index contributed by atoms with van der Waals surface area (Å²) in [6.45, 7) is 8.74. The first-order chi connectivity index (χ1) is 6.89. The number of hydrogen-bond acceptors (Lipinski definition) is 2. The second-order valence-electron chi connectivity index (χ2n) is 4.76. The van der Waals surface area contributed by atoms with Gasteiger partial charge in [0.25, 0.3) is 0 Å². The van der Waals surface area contributed by atoms with Crippen LogP contribution >= 0.6 is 0 Å². The molecular weight excluding hydrogens is 186 g/mol. The van der Waals surface area contributed by atoms with Crippen molar-refractivity contribution in [3.63, 3.8) is 0 Å². The molecule has 0 saturated carbocycles. The molecule has 0 radical (unpaired) electrons. The lowest BCUT2D eigenvalue weighted by atomic mass is 9.95. The van der Waals surface area contributed by atoms with Crippen molar-refractivity contribution >= 4 is 5.84 Å². The van der Waals surface area contributed by atoms with Crippen LogP contribution < -0.4 is 5.73 Å². The van der Waals surface area contributed by atoms with Gasteiger partial charge in [-0.2, -0.15) is 0 Å². The molecule has 0 spiro atoms. The molecule has 0 fully saturated rings. The SMILES string of the molecule is Cc1ccc(CN=C(N)C(C)(C)C)cn1. The summed E-state index contributed by atoms with van der Waals surface area (Å²) >= 11 is 0. The number of nitrogens with zero attached hydrogens (tertiary/aromatic N) is 2. The molecule has 2 N–H and O–H groups in total. The number of amidine groups is 1. The average molecular weight is 205 g/mol. The highest BCUT2D eigenvalue weighted by atomic mass is 14.9. The normalized spacial score (nSPS) is 12.9. The van der Waals surface area contributed by atoms with E-state index in [1.807, 2.05) is 25.3 Å². The molecule has 0 amide bonds. The van der Waals surface area contributed by atoms with Gasteiger partial charge in [-0.1, -0.05) is 26.8 Å². The molecule has 0 bridgehead atoms. The maximum absolute atomic E-state index is 5.86. The lowest BCUT2D eigenvalue weighted by molar-refractivity contribution is 0.581. The molecule has 0 atom stereocenters. The first-order valence-corrected chi connectivity index (χ1v) is 5.11. The van der Waals surface area contributed by atoms with Crippen LogP contribution in [0.5, 0.6) is 0 Å². The standard InChI is InChI=1S/C12H19N3/c1-9-5-6-10(7-14-9)8-15-11(13)12(2,3)4/h5-7H,8H2,1-4H3,(H2,13,15). The molecule has 1 aromatic heterocycles. The monoisotopic (exact) mass is 205 g/mol. The predicted molar refractivity (Wildman–Crippen MR) is 63.8 cm³/mol. The van der Waals surface area contributed by atoms with Crippen molar-refractivity contribution in [3.05, 3.63) is 29.6 Å². The highest BCUT2D eigenvalue weighted by molar-refractivity contribution is 5.85. The zero-order chi connectivity index (χ0) is 11.5. The van der Waals surface area contributed by atoms with Crippen LogP contribution in [0.4, 0.5) is 0 Å². The van der Waals surface area contributed by atoms with E-state index in [0.29, 0.717) is 12.4 Å². The Labute approximate surface area is 91.4 Å². The van der Waals surface area contributed by atoms with Gasteiger partial charge in [0.15, 0.2) is 0 Å². The fraction of sp³-hybridized carbons (Fsp3) is 0.500. The summed E-state index contributed by atoms with van der Waals surface area (Å²) in [6, 6.07) is 4.01. The molecule has 1 aromatic rings. The Bertz CT molecular complexity index is 344. The molecule has 1 heterocycles. The number of aryl methyl sites for hydroxylation is 1. The molecule has 0 aromatic carbocycles. The fourth-order valence-corrected chi connectivity index (χ4v) is 1.01. The van der Waals surface area contributed by atoms with E-state index in [2.05, 4.69) is 30.7 Å². The van der Waals surface area contributed by atoms with Crippen LogP contribution in [0.3, 0.4) is 0 Å². The number of aromatic nitrogens is 1. The summed E-state index contributed by atoms with van der Waals surface area (Å²) in [7, 11) is 0. The maximum Gasteiger partial charge on any atom is 0.0995 e. The smallest absolute Gasteiger partial charge is 0.0995 e. The van der Waals surface area contributed by atoms with Crippen molar-refractivity contribution in [2.45, 2.75) is 34.2 Å². The van der Waals surface area contributed by atoms with Gasteiger partial charge in [0.2, 0.25) is 0 Å². The lowest BCUT2D eigenvalue weighted by Crippen LogP contribution is -2.28. The van der Waals surface area contributed by atoms with Crippen molar-refractivity contribution < 1.29 is 0 Å². The Morgan fingerprint density at radius 3 is 2.53 bits per heavy atom. The molecule has 0 unspecified atom stereocenters. The van der Waals surface area contributed by atoms with Crippen LogP contribution in [0.25, 0.3) is 0 Å². The van der Waals surface area contributed by atoms with Gasteiger partial charge in [-0.25, -0.2) is 0 Å². The van der Waals surface area contributed by atoms with Gasteiger partial charge in [-0.15, -0.1) is 0 Å². The third kappa shape index (κ3) is 3.70. The Hall–Kier alpha value is -1.38. The molecule has 1 rings (SSSR count). The van der Waals surface area contributed by atoms with Crippen LogP contribution in [0.15, 0.2) is 23.3 Å². The van der Waals surface area contributed by atoms with Crippen molar-refractivity contribution in [1.82, 2.24) is 4.98 Å². The summed E-state index contributed by atoms with van der Waals surface area (Å²) in [4.78, 5) is 8.56. The van der Waals surface area contributed by atoms with Gasteiger partial charge in [0.1, 0.15) is 0 Å². The Morgan fingerprint density at radius 1 is 1.40 bits per heavy atom. The molecule has 82 valence electrons. The summed E-state index contributed by atoms with van der Waals surface area (Å²) in [6.07, 6.45) is 1.84. The van der Waals surface area contributed by atoms with Gasteiger partial charge < -0.3 is 5.73 Å². The first kappa shape index (κ1) is 11.7. The number of rotatable bonds is 2. The first-order valence-electron chi connectivity index (χ1n) is 5.11. The summed E-state index contributed by atoms with van der Waals surface area (Å²) < 4.78 is 0. The van der Waals surface area contributed by atoms with E-state index in [9.17, 15) is 0 Å². The van der Waals surface area contributed by atoms with Gasteiger partial charge >= 0.3 is 0 Å². The minimum Gasteiger partial charge on any atom is -0.387 e. The second kappa shape index (κ2) is 4.43. The van der Waals surface area contributed by atoms with E-state index in [-0.39, 0.29) is 5.41 Å². The second-order valence-corrected chi connectivity index (χ2v) is 4.76. The highest BCUT2D eigenvalue weighted by Gasteiger charge is 2.14. The van der Waals surface area contributed by atoms with Crippen LogP contribution in [0, 0.1) is 12.3 Å². The zero-order valence-electron chi connectivity index (χ0n) is 9.91. The van der Waals surface area contributed by atoms with E-state index in [1.165, 1.54) is 0 Å². The molecule has 0 aliphatic carbocycles. The third-order valence-electron chi connectivity index (χ3n) is 2.17. The Morgan fingerprint density at radius 2 is 2.07 bits per heavy atom. The van der Waals surface area contributed by atoms with Crippen molar-refractivity contribution in [2.75, 3.05) is 0 Å².